The number of carbonyl (C=O) groups is 2. The standard InChI is InChI=1S/C26H27ClF6N4O2S/c1-24(12-5-13-40-4)15-36(34-21(24)16-6-11-19(20(27)14-16)26(31,32)33)23(39)37(22(38)35(2)3)18-9-7-17(8-10-18)25(28,29)30/h6-11,14H,5,12-13,15H2,1-4H3. The number of halogens is 7. The van der Waals surface area contributed by atoms with Crippen LogP contribution in [-0.2, 0) is 12.4 Å². The molecule has 1 heterocycles. The van der Waals surface area contributed by atoms with Crippen LogP contribution < -0.4 is 4.90 Å². The third-order valence-electron chi connectivity index (χ3n) is 6.35. The van der Waals surface area contributed by atoms with E-state index in [1.54, 1.807) is 18.7 Å². The van der Waals surface area contributed by atoms with Gasteiger partial charge in [0.05, 0.1) is 34.1 Å². The van der Waals surface area contributed by atoms with Gasteiger partial charge in [-0.2, -0.15) is 43.2 Å². The Hall–Kier alpha value is -2.93. The molecular formula is C26H27ClF6N4O2S. The Morgan fingerprint density at radius 3 is 2.17 bits per heavy atom. The molecule has 3 rings (SSSR count). The van der Waals surface area contributed by atoms with Crippen molar-refractivity contribution in [1.29, 1.82) is 0 Å². The lowest BCUT2D eigenvalue weighted by Crippen LogP contribution is -2.49. The fraction of sp³-hybridized carbons (Fsp3) is 0.423. The molecule has 6 nitrogen and oxygen atoms in total. The molecule has 14 heteroatoms. The average molecular weight is 609 g/mol. The average Bonchev–Trinajstić information content (AvgIpc) is 3.20. The van der Waals surface area contributed by atoms with Crippen molar-refractivity contribution in [3.8, 4) is 0 Å². The van der Waals surface area contributed by atoms with Crippen molar-refractivity contribution in [1.82, 2.24) is 9.91 Å². The fourth-order valence-corrected chi connectivity index (χ4v) is 5.03. The maximum Gasteiger partial charge on any atom is 0.417 e. The second-order valence-corrected chi connectivity index (χ2v) is 11.1. The van der Waals surface area contributed by atoms with Gasteiger partial charge in [-0.15, -0.1) is 0 Å². The first-order valence-electron chi connectivity index (χ1n) is 11.9. The van der Waals surface area contributed by atoms with Crippen LogP contribution in [0.25, 0.3) is 0 Å². The van der Waals surface area contributed by atoms with Crippen molar-refractivity contribution >= 4 is 46.8 Å². The molecule has 0 fully saturated rings. The zero-order valence-electron chi connectivity index (χ0n) is 22.0. The molecule has 0 aliphatic carbocycles. The lowest BCUT2D eigenvalue weighted by Gasteiger charge is -2.29. The number of alkyl halides is 6. The van der Waals surface area contributed by atoms with E-state index >= 15 is 0 Å². The highest BCUT2D eigenvalue weighted by Crippen LogP contribution is 2.40. The number of hydrogen-bond donors (Lipinski definition) is 0. The van der Waals surface area contributed by atoms with Crippen LogP contribution in [0.4, 0.5) is 41.6 Å². The maximum atomic E-state index is 13.7. The van der Waals surface area contributed by atoms with Crippen LogP contribution in [0.15, 0.2) is 47.6 Å². The molecule has 40 heavy (non-hydrogen) atoms. The Morgan fingerprint density at radius 1 is 1.05 bits per heavy atom. The largest absolute Gasteiger partial charge is 0.417 e. The normalized spacial score (nSPS) is 17.6. The Kier molecular flexibility index (Phi) is 9.40. The SMILES string of the molecule is CSCCCC1(C)CN(C(=O)N(C(=O)N(C)C)c2ccc(C(F)(F)F)cc2)N=C1c1ccc(C(F)(F)F)c(Cl)c1. The van der Waals surface area contributed by atoms with Gasteiger partial charge in [0.25, 0.3) is 0 Å². The molecule has 0 spiro atoms. The monoisotopic (exact) mass is 608 g/mol. The summed E-state index contributed by atoms with van der Waals surface area (Å²) in [6, 6.07) is 5.00. The topological polar surface area (TPSA) is 56.2 Å². The lowest BCUT2D eigenvalue weighted by atomic mass is 9.78. The molecular weight excluding hydrogens is 582 g/mol. The number of rotatable bonds is 6. The second kappa shape index (κ2) is 11.9. The van der Waals surface area contributed by atoms with E-state index in [9.17, 15) is 35.9 Å². The zero-order chi connectivity index (χ0) is 30.0. The molecule has 0 saturated heterocycles. The van der Waals surface area contributed by atoms with Crippen LogP contribution in [0, 0.1) is 5.41 Å². The Bertz CT molecular complexity index is 1280. The minimum atomic E-state index is -4.66. The lowest BCUT2D eigenvalue weighted by molar-refractivity contribution is -0.138. The molecule has 1 atom stereocenters. The van der Waals surface area contributed by atoms with Gasteiger partial charge in [-0.1, -0.05) is 24.6 Å². The van der Waals surface area contributed by atoms with Crippen molar-refractivity contribution in [2.75, 3.05) is 37.5 Å². The molecule has 2 aromatic rings. The van der Waals surface area contributed by atoms with E-state index in [0.29, 0.717) is 23.5 Å². The predicted octanol–water partition coefficient (Wildman–Crippen LogP) is 7.86. The van der Waals surface area contributed by atoms with Gasteiger partial charge in [-0.3, -0.25) is 0 Å². The minimum absolute atomic E-state index is 0.0218. The van der Waals surface area contributed by atoms with Crippen molar-refractivity contribution < 1.29 is 35.9 Å². The number of benzene rings is 2. The Labute approximate surface area is 236 Å². The quantitative estimate of drug-likeness (QED) is 0.248. The van der Waals surface area contributed by atoms with Crippen LogP contribution in [-0.4, -0.2) is 60.3 Å². The summed E-state index contributed by atoms with van der Waals surface area (Å²) in [4.78, 5) is 28.5. The summed E-state index contributed by atoms with van der Waals surface area (Å²) in [5.74, 6) is 0.779. The molecule has 218 valence electrons. The molecule has 0 bridgehead atoms. The number of urea groups is 2. The van der Waals surface area contributed by atoms with Crippen LogP contribution in [0.1, 0.15) is 36.5 Å². The van der Waals surface area contributed by atoms with E-state index in [2.05, 4.69) is 5.10 Å². The van der Waals surface area contributed by atoms with Gasteiger partial charge < -0.3 is 4.90 Å². The van der Waals surface area contributed by atoms with Crippen molar-refractivity contribution in [2.45, 2.75) is 32.1 Å². The maximum absolute atomic E-state index is 13.7. The van der Waals surface area contributed by atoms with Gasteiger partial charge in [-0.05, 0) is 66.8 Å². The van der Waals surface area contributed by atoms with E-state index in [1.807, 2.05) is 6.26 Å². The third-order valence-corrected chi connectivity index (χ3v) is 7.36. The van der Waals surface area contributed by atoms with Crippen LogP contribution >= 0.6 is 23.4 Å². The van der Waals surface area contributed by atoms with Crippen LogP contribution in [0.2, 0.25) is 5.02 Å². The first-order valence-corrected chi connectivity index (χ1v) is 13.7. The number of amides is 4. The van der Waals surface area contributed by atoms with Crippen molar-refractivity contribution in [3.05, 3.63) is 64.2 Å². The van der Waals surface area contributed by atoms with Gasteiger partial charge in [0.15, 0.2) is 0 Å². The highest BCUT2D eigenvalue weighted by Gasteiger charge is 2.44. The van der Waals surface area contributed by atoms with Gasteiger partial charge in [0, 0.05) is 19.5 Å². The highest BCUT2D eigenvalue weighted by molar-refractivity contribution is 7.98. The summed E-state index contributed by atoms with van der Waals surface area (Å²) in [6.45, 7) is 1.78. The molecule has 1 aliphatic rings. The molecule has 0 radical (unpaired) electrons. The fourth-order valence-electron chi connectivity index (χ4n) is 4.31. The number of anilines is 1. The van der Waals surface area contributed by atoms with E-state index in [1.165, 1.54) is 20.2 Å². The van der Waals surface area contributed by atoms with Crippen LogP contribution in [0.5, 0.6) is 0 Å². The summed E-state index contributed by atoms with van der Waals surface area (Å²) in [6.07, 6.45) is -6.14. The van der Waals surface area contributed by atoms with E-state index in [0.717, 1.165) is 52.1 Å². The molecule has 0 saturated carbocycles. The summed E-state index contributed by atoms with van der Waals surface area (Å²) < 4.78 is 79.1. The molecule has 1 aliphatic heterocycles. The number of nitrogens with zero attached hydrogens (tertiary/aromatic N) is 4. The summed E-state index contributed by atoms with van der Waals surface area (Å²) in [7, 11) is 2.75. The first kappa shape index (κ1) is 31.6. The van der Waals surface area contributed by atoms with E-state index < -0.39 is 46.0 Å². The van der Waals surface area contributed by atoms with E-state index in [4.69, 9.17) is 11.6 Å². The number of carbonyl (C=O) groups excluding carboxylic acids is 2. The molecule has 4 amide bonds. The van der Waals surface area contributed by atoms with Gasteiger partial charge >= 0.3 is 24.4 Å². The summed E-state index contributed by atoms with van der Waals surface area (Å²) >= 11 is 7.57. The molecule has 0 N–H and O–H groups in total. The van der Waals surface area contributed by atoms with Gasteiger partial charge in [0.1, 0.15) is 0 Å². The Balaban J connectivity index is 2.06. The predicted molar refractivity (Wildman–Crippen MR) is 144 cm³/mol. The van der Waals surface area contributed by atoms with Gasteiger partial charge in [-0.25, -0.2) is 19.5 Å². The number of thioether (sulfide) groups is 1. The summed E-state index contributed by atoms with van der Waals surface area (Å²) in [5, 5.41) is 4.91. The Morgan fingerprint density at radius 2 is 1.68 bits per heavy atom. The molecule has 2 aromatic carbocycles. The second-order valence-electron chi connectivity index (χ2n) is 9.70. The minimum Gasteiger partial charge on any atom is -0.330 e. The van der Waals surface area contributed by atoms with Crippen molar-refractivity contribution in [3.63, 3.8) is 0 Å². The highest BCUT2D eigenvalue weighted by atomic mass is 35.5. The number of hydrazone groups is 1. The zero-order valence-corrected chi connectivity index (χ0v) is 23.6. The van der Waals surface area contributed by atoms with E-state index in [-0.39, 0.29) is 17.8 Å². The summed E-state index contributed by atoms with van der Waals surface area (Å²) in [5.41, 5.74) is -2.31. The molecule has 0 aromatic heterocycles. The molecule has 1 unspecified atom stereocenters. The van der Waals surface area contributed by atoms with Crippen molar-refractivity contribution in [2.24, 2.45) is 10.5 Å². The van der Waals surface area contributed by atoms with Crippen LogP contribution in [0.3, 0.4) is 0 Å². The smallest absolute Gasteiger partial charge is 0.330 e. The van der Waals surface area contributed by atoms with Gasteiger partial charge in [0.2, 0.25) is 0 Å². The first-order chi connectivity index (χ1) is 18.5. The number of imide groups is 1. The number of hydrogen-bond acceptors (Lipinski definition) is 4. The third kappa shape index (κ3) is 6.85.